The standard InChI is InChI=1S/C21H32N4O2S.HI/c1-4-18(5-2)20-14-19(27-25-20)15-24-21(22-6-3)23-12-13-28(26)16-17-10-8-7-9-11-17;/h7-11,14,18H,4-6,12-13,15-16H2,1-3H3,(H2,22,23,24);1H. The van der Waals surface area contributed by atoms with Crippen LogP contribution in [0.25, 0.3) is 0 Å². The molecule has 0 bridgehead atoms. The summed E-state index contributed by atoms with van der Waals surface area (Å²) < 4.78 is 17.7. The van der Waals surface area contributed by atoms with E-state index in [1.54, 1.807) is 0 Å². The molecular formula is C21H33IN4O2S. The van der Waals surface area contributed by atoms with E-state index < -0.39 is 10.8 Å². The van der Waals surface area contributed by atoms with E-state index in [-0.39, 0.29) is 24.0 Å². The van der Waals surface area contributed by atoms with E-state index in [9.17, 15) is 4.21 Å². The van der Waals surface area contributed by atoms with Crippen molar-refractivity contribution in [2.75, 3.05) is 18.8 Å². The van der Waals surface area contributed by atoms with E-state index in [2.05, 4.69) is 34.6 Å². The summed E-state index contributed by atoms with van der Waals surface area (Å²) in [6.07, 6.45) is 2.10. The van der Waals surface area contributed by atoms with E-state index in [0.717, 1.165) is 36.4 Å². The maximum absolute atomic E-state index is 12.2. The Bertz CT molecular complexity index is 748. The molecule has 0 spiro atoms. The number of halogens is 1. The van der Waals surface area contributed by atoms with Gasteiger partial charge in [-0.2, -0.15) is 0 Å². The fraction of sp³-hybridized carbons (Fsp3) is 0.524. The molecule has 1 unspecified atom stereocenters. The highest BCUT2D eigenvalue weighted by Gasteiger charge is 2.12. The molecule has 0 saturated carbocycles. The second-order valence-electron chi connectivity index (χ2n) is 6.63. The summed E-state index contributed by atoms with van der Waals surface area (Å²) in [7, 11) is -0.909. The molecule has 1 heterocycles. The summed E-state index contributed by atoms with van der Waals surface area (Å²) in [6, 6.07) is 11.9. The monoisotopic (exact) mass is 532 g/mol. The fourth-order valence-electron chi connectivity index (χ4n) is 2.92. The zero-order valence-corrected chi connectivity index (χ0v) is 20.7. The SMILES string of the molecule is CCNC(=NCc1cc(C(CC)CC)no1)NCCS(=O)Cc1ccccc1.I. The summed E-state index contributed by atoms with van der Waals surface area (Å²) >= 11 is 0. The number of nitrogens with one attached hydrogen (secondary N) is 2. The number of hydrogen-bond donors (Lipinski definition) is 2. The van der Waals surface area contributed by atoms with Crippen molar-refractivity contribution in [3.05, 3.63) is 53.4 Å². The Balaban J connectivity index is 0.00000420. The van der Waals surface area contributed by atoms with Crippen LogP contribution in [-0.4, -0.2) is 34.2 Å². The van der Waals surface area contributed by atoms with Crippen molar-refractivity contribution in [1.82, 2.24) is 15.8 Å². The van der Waals surface area contributed by atoms with Gasteiger partial charge in [-0.25, -0.2) is 4.99 Å². The number of aromatic nitrogens is 1. The van der Waals surface area contributed by atoms with Crippen molar-refractivity contribution in [2.45, 2.75) is 51.8 Å². The molecular weight excluding hydrogens is 499 g/mol. The molecule has 0 amide bonds. The van der Waals surface area contributed by atoms with Crippen LogP contribution < -0.4 is 10.6 Å². The van der Waals surface area contributed by atoms with Gasteiger partial charge < -0.3 is 15.2 Å². The van der Waals surface area contributed by atoms with Crippen LogP contribution in [0.15, 0.2) is 45.9 Å². The number of rotatable bonds is 11. The molecule has 162 valence electrons. The quantitative estimate of drug-likeness (QED) is 0.258. The molecule has 2 aromatic rings. The molecule has 1 aromatic carbocycles. The summed E-state index contributed by atoms with van der Waals surface area (Å²) in [6.45, 7) is 8.13. The third-order valence-corrected chi connectivity index (χ3v) is 5.83. The minimum atomic E-state index is -0.909. The predicted molar refractivity (Wildman–Crippen MR) is 131 cm³/mol. The van der Waals surface area contributed by atoms with Gasteiger partial charge in [-0.15, -0.1) is 24.0 Å². The van der Waals surface area contributed by atoms with Gasteiger partial charge in [0.2, 0.25) is 0 Å². The third kappa shape index (κ3) is 9.29. The lowest BCUT2D eigenvalue weighted by atomic mass is 9.99. The molecule has 0 fully saturated rings. The van der Waals surface area contributed by atoms with Gasteiger partial charge in [0.05, 0.1) is 5.69 Å². The normalized spacial score (nSPS) is 12.5. The highest BCUT2D eigenvalue weighted by Crippen LogP contribution is 2.22. The largest absolute Gasteiger partial charge is 0.359 e. The lowest BCUT2D eigenvalue weighted by Gasteiger charge is -2.10. The Kier molecular flexibility index (Phi) is 12.8. The molecule has 29 heavy (non-hydrogen) atoms. The van der Waals surface area contributed by atoms with Gasteiger partial charge in [0.15, 0.2) is 11.7 Å². The number of hydrogen-bond acceptors (Lipinski definition) is 4. The van der Waals surface area contributed by atoms with E-state index in [4.69, 9.17) is 4.52 Å². The van der Waals surface area contributed by atoms with Crippen LogP contribution in [0.3, 0.4) is 0 Å². The maximum Gasteiger partial charge on any atom is 0.191 e. The lowest BCUT2D eigenvalue weighted by molar-refractivity contribution is 0.372. The third-order valence-electron chi connectivity index (χ3n) is 4.51. The molecule has 6 nitrogen and oxygen atoms in total. The second-order valence-corrected chi connectivity index (χ2v) is 8.20. The first-order valence-corrected chi connectivity index (χ1v) is 11.5. The van der Waals surface area contributed by atoms with Crippen LogP contribution in [-0.2, 0) is 23.1 Å². The Morgan fingerprint density at radius 2 is 1.90 bits per heavy atom. The average molecular weight is 532 g/mol. The first kappa shape index (κ1) is 25.6. The molecule has 0 aliphatic carbocycles. The highest BCUT2D eigenvalue weighted by molar-refractivity contribution is 14.0. The molecule has 0 aliphatic rings. The van der Waals surface area contributed by atoms with Crippen molar-refractivity contribution in [3.8, 4) is 0 Å². The number of guanidine groups is 1. The topological polar surface area (TPSA) is 79.5 Å². The van der Waals surface area contributed by atoms with Crippen LogP contribution >= 0.6 is 24.0 Å². The Morgan fingerprint density at radius 3 is 2.55 bits per heavy atom. The van der Waals surface area contributed by atoms with Crippen molar-refractivity contribution in [3.63, 3.8) is 0 Å². The van der Waals surface area contributed by atoms with E-state index >= 15 is 0 Å². The van der Waals surface area contributed by atoms with Crippen LogP contribution in [0.5, 0.6) is 0 Å². The molecule has 2 rings (SSSR count). The van der Waals surface area contributed by atoms with Gasteiger partial charge in [0.25, 0.3) is 0 Å². The fourth-order valence-corrected chi connectivity index (χ4v) is 3.96. The smallest absolute Gasteiger partial charge is 0.191 e. The Morgan fingerprint density at radius 1 is 1.17 bits per heavy atom. The van der Waals surface area contributed by atoms with Gasteiger partial charge in [-0.3, -0.25) is 4.21 Å². The predicted octanol–water partition coefficient (Wildman–Crippen LogP) is 4.20. The van der Waals surface area contributed by atoms with Crippen molar-refractivity contribution >= 4 is 40.7 Å². The van der Waals surface area contributed by atoms with Crippen molar-refractivity contribution in [1.29, 1.82) is 0 Å². The number of benzene rings is 1. The number of nitrogens with zero attached hydrogens (tertiary/aromatic N) is 2. The zero-order valence-electron chi connectivity index (χ0n) is 17.5. The molecule has 0 radical (unpaired) electrons. The molecule has 2 N–H and O–H groups in total. The van der Waals surface area contributed by atoms with E-state index in [1.807, 2.05) is 43.3 Å². The summed E-state index contributed by atoms with van der Waals surface area (Å²) in [5.74, 6) is 3.03. The van der Waals surface area contributed by atoms with Gasteiger partial charge >= 0.3 is 0 Å². The number of aliphatic imine (C=N–C) groups is 1. The zero-order chi connectivity index (χ0) is 20.2. The summed E-state index contributed by atoms with van der Waals surface area (Å²) in [4.78, 5) is 4.55. The highest BCUT2D eigenvalue weighted by atomic mass is 127. The minimum Gasteiger partial charge on any atom is -0.359 e. The van der Waals surface area contributed by atoms with Gasteiger partial charge in [0, 0.05) is 47.4 Å². The molecule has 0 aliphatic heterocycles. The van der Waals surface area contributed by atoms with Crippen molar-refractivity contribution in [2.24, 2.45) is 4.99 Å². The first-order chi connectivity index (χ1) is 13.7. The van der Waals surface area contributed by atoms with Crippen LogP contribution in [0.2, 0.25) is 0 Å². The Hall–Kier alpha value is -1.42. The van der Waals surface area contributed by atoms with E-state index in [0.29, 0.717) is 36.5 Å². The first-order valence-electron chi connectivity index (χ1n) is 10.0. The Labute approximate surface area is 193 Å². The molecule has 8 heteroatoms. The second kappa shape index (κ2) is 14.5. The maximum atomic E-state index is 12.2. The lowest BCUT2D eigenvalue weighted by Crippen LogP contribution is -2.39. The van der Waals surface area contributed by atoms with E-state index in [1.165, 1.54) is 0 Å². The van der Waals surface area contributed by atoms with Gasteiger partial charge in [-0.05, 0) is 25.3 Å². The summed E-state index contributed by atoms with van der Waals surface area (Å²) in [5.41, 5.74) is 2.10. The van der Waals surface area contributed by atoms with Crippen LogP contribution in [0.1, 0.15) is 56.5 Å². The van der Waals surface area contributed by atoms with Crippen LogP contribution in [0.4, 0.5) is 0 Å². The molecule has 1 atom stereocenters. The summed E-state index contributed by atoms with van der Waals surface area (Å²) in [5, 5.41) is 10.6. The van der Waals surface area contributed by atoms with Crippen molar-refractivity contribution < 1.29 is 8.73 Å². The van der Waals surface area contributed by atoms with Gasteiger partial charge in [0.1, 0.15) is 6.54 Å². The minimum absolute atomic E-state index is 0. The molecule has 0 saturated heterocycles. The van der Waals surface area contributed by atoms with Crippen LogP contribution in [0, 0.1) is 0 Å². The average Bonchev–Trinajstić information content (AvgIpc) is 3.16. The molecule has 1 aromatic heterocycles. The van der Waals surface area contributed by atoms with Gasteiger partial charge in [-0.1, -0.05) is 49.3 Å².